The summed E-state index contributed by atoms with van der Waals surface area (Å²) in [5, 5.41) is 11.1. The van der Waals surface area contributed by atoms with Gasteiger partial charge in [-0.25, -0.2) is 13.2 Å². The summed E-state index contributed by atoms with van der Waals surface area (Å²) in [7, 11) is 0. The Hall–Kier alpha value is -4.20. The van der Waals surface area contributed by atoms with Gasteiger partial charge in [-0.1, -0.05) is 0 Å². The van der Waals surface area contributed by atoms with Crippen LogP contribution in [0.15, 0.2) is 23.1 Å². The smallest absolute Gasteiger partial charge is 0.322 e. The molecule has 5 rings (SSSR count). The predicted octanol–water partition coefficient (Wildman–Crippen LogP) is 1.31. The van der Waals surface area contributed by atoms with Gasteiger partial charge in [-0.05, 0) is 19.3 Å². The van der Waals surface area contributed by atoms with E-state index in [1.54, 1.807) is 0 Å². The molecule has 0 radical (unpaired) electrons. The number of pyridine rings is 1. The van der Waals surface area contributed by atoms with Crippen LogP contribution in [0.2, 0.25) is 0 Å². The van der Waals surface area contributed by atoms with Crippen LogP contribution in [0.1, 0.15) is 52.1 Å². The van der Waals surface area contributed by atoms with Crippen LogP contribution >= 0.6 is 0 Å². The van der Waals surface area contributed by atoms with Gasteiger partial charge < -0.3 is 29.4 Å². The van der Waals surface area contributed by atoms with E-state index in [9.17, 15) is 37.1 Å². The van der Waals surface area contributed by atoms with Crippen molar-refractivity contribution in [2.45, 2.75) is 57.1 Å². The molecule has 0 spiro atoms. The highest BCUT2D eigenvalue weighted by atomic mass is 19.1. The fraction of sp³-hybridized carbons (Fsp3) is 0.375. The lowest BCUT2D eigenvalue weighted by Crippen LogP contribution is -2.57. The summed E-state index contributed by atoms with van der Waals surface area (Å²) in [5.74, 6) is -9.25. The van der Waals surface area contributed by atoms with Gasteiger partial charge in [0, 0.05) is 36.5 Å². The first-order chi connectivity index (χ1) is 18.0. The van der Waals surface area contributed by atoms with Crippen LogP contribution in [0.4, 0.5) is 13.2 Å². The van der Waals surface area contributed by atoms with Crippen molar-refractivity contribution in [3.63, 3.8) is 0 Å². The maximum absolute atomic E-state index is 14.0. The van der Waals surface area contributed by atoms with Crippen molar-refractivity contribution in [2.75, 3.05) is 0 Å². The van der Waals surface area contributed by atoms with E-state index in [2.05, 4.69) is 5.32 Å². The second-order valence-corrected chi connectivity index (χ2v) is 9.17. The molecule has 14 heteroatoms. The molecular formula is C24H20F3N3O8. The molecule has 1 aromatic heterocycles. The second kappa shape index (κ2) is 9.59. The number of carboxylic acid groups (broad SMARTS) is 1. The maximum Gasteiger partial charge on any atom is 0.322 e. The first kappa shape index (κ1) is 25.4. The van der Waals surface area contributed by atoms with Crippen LogP contribution in [0.3, 0.4) is 0 Å². The van der Waals surface area contributed by atoms with Crippen molar-refractivity contribution in [1.29, 1.82) is 0 Å². The van der Waals surface area contributed by atoms with Crippen molar-refractivity contribution in [3.8, 4) is 5.75 Å². The van der Waals surface area contributed by atoms with Crippen LogP contribution in [-0.4, -0.2) is 56.7 Å². The molecule has 2 bridgehead atoms. The third kappa shape index (κ3) is 4.51. The van der Waals surface area contributed by atoms with Crippen molar-refractivity contribution in [2.24, 2.45) is 0 Å². The van der Waals surface area contributed by atoms with Gasteiger partial charge in [-0.3, -0.25) is 24.0 Å². The standard InChI is InChI=1S/C24H20F3N3O8/c25-10-3-15(26)13(16(27)4-10)7-28-23(35)14-8-29-9-17-30(11-1-2-12(5-11)37-17)24(36)20(29)22(21(14)34)38-19(33)6-18(31)32/h3-4,8,11-12,17H,1-2,5-7,9H2,(H,28,35)(H,31,32)/t11-,12+,17?/m0/s1. The summed E-state index contributed by atoms with van der Waals surface area (Å²) >= 11 is 0. The van der Waals surface area contributed by atoms with E-state index >= 15 is 0 Å². The molecule has 200 valence electrons. The number of rotatable bonds is 6. The minimum atomic E-state index is -1.55. The second-order valence-electron chi connectivity index (χ2n) is 9.17. The highest BCUT2D eigenvalue weighted by molar-refractivity contribution is 6.00. The number of esters is 1. The van der Waals surface area contributed by atoms with Gasteiger partial charge in [-0.2, -0.15) is 0 Å². The SMILES string of the molecule is O=C(O)CC(=O)Oc1c2n(cc(C(=O)NCc3c(F)cc(F)cc3F)c1=O)CC1O[C@@H]3CC[C@@H](C3)N1C2=O. The number of nitrogens with one attached hydrogen (secondary N) is 1. The molecule has 1 aliphatic carbocycles. The average Bonchev–Trinajstić information content (AvgIpc) is 3.20. The quantitative estimate of drug-likeness (QED) is 0.416. The predicted molar refractivity (Wildman–Crippen MR) is 119 cm³/mol. The molecular weight excluding hydrogens is 515 g/mol. The number of carbonyl (C=O) groups is 4. The molecule has 3 atom stereocenters. The number of amides is 2. The molecule has 1 saturated heterocycles. The monoisotopic (exact) mass is 535 g/mol. The lowest BCUT2D eigenvalue weighted by atomic mass is 10.1. The minimum absolute atomic E-state index is 0.0284. The molecule has 11 nitrogen and oxygen atoms in total. The molecule has 3 aliphatic rings. The minimum Gasteiger partial charge on any atom is -0.481 e. The van der Waals surface area contributed by atoms with E-state index < -0.39 is 82.7 Å². The first-order valence-electron chi connectivity index (χ1n) is 11.6. The molecule has 2 fully saturated rings. The summed E-state index contributed by atoms with van der Waals surface area (Å²) in [6.07, 6.45) is 1.12. The molecule has 2 amide bonds. The van der Waals surface area contributed by atoms with Gasteiger partial charge >= 0.3 is 11.9 Å². The van der Waals surface area contributed by atoms with E-state index in [1.807, 2.05) is 0 Å². The number of hydrogen-bond donors (Lipinski definition) is 2. The number of hydrogen-bond acceptors (Lipinski definition) is 7. The van der Waals surface area contributed by atoms with Crippen LogP contribution in [0, 0.1) is 17.5 Å². The summed E-state index contributed by atoms with van der Waals surface area (Å²) in [4.78, 5) is 64.2. The molecule has 2 aliphatic heterocycles. The van der Waals surface area contributed by atoms with Gasteiger partial charge in [0.05, 0.1) is 12.6 Å². The topological polar surface area (TPSA) is 144 Å². The van der Waals surface area contributed by atoms with Crippen molar-refractivity contribution < 1.29 is 46.9 Å². The summed E-state index contributed by atoms with van der Waals surface area (Å²) in [5.41, 5.74) is -2.87. The Morgan fingerprint density at radius 3 is 2.53 bits per heavy atom. The molecule has 38 heavy (non-hydrogen) atoms. The van der Waals surface area contributed by atoms with E-state index in [0.717, 1.165) is 12.6 Å². The molecule has 2 N–H and O–H groups in total. The third-order valence-corrected chi connectivity index (χ3v) is 6.73. The fourth-order valence-corrected chi connectivity index (χ4v) is 5.07. The summed E-state index contributed by atoms with van der Waals surface area (Å²) in [6.45, 7) is -0.784. The van der Waals surface area contributed by atoms with Gasteiger partial charge in [-0.15, -0.1) is 0 Å². The van der Waals surface area contributed by atoms with Crippen LogP contribution in [-0.2, 0) is 27.4 Å². The van der Waals surface area contributed by atoms with E-state index in [4.69, 9.17) is 14.6 Å². The Morgan fingerprint density at radius 2 is 1.84 bits per heavy atom. The number of fused-ring (bicyclic) bond motifs is 5. The van der Waals surface area contributed by atoms with Crippen molar-refractivity contribution >= 4 is 23.8 Å². The largest absolute Gasteiger partial charge is 0.481 e. The normalized spacial score (nSPS) is 21.5. The number of benzene rings is 1. The van der Waals surface area contributed by atoms with Gasteiger partial charge in [0.25, 0.3) is 11.8 Å². The maximum atomic E-state index is 14.0. The van der Waals surface area contributed by atoms with Gasteiger partial charge in [0.1, 0.15) is 29.4 Å². The van der Waals surface area contributed by atoms with E-state index in [0.29, 0.717) is 25.0 Å². The number of carboxylic acids is 1. The molecule has 2 aromatic rings. The van der Waals surface area contributed by atoms with Crippen LogP contribution in [0.5, 0.6) is 5.75 Å². The van der Waals surface area contributed by atoms with Crippen molar-refractivity contribution in [1.82, 2.24) is 14.8 Å². The Morgan fingerprint density at radius 1 is 1.13 bits per heavy atom. The Balaban J connectivity index is 1.52. The van der Waals surface area contributed by atoms with Gasteiger partial charge in [0.15, 0.2) is 11.9 Å². The molecule has 3 heterocycles. The average molecular weight is 535 g/mol. The zero-order valence-electron chi connectivity index (χ0n) is 19.5. The van der Waals surface area contributed by atoms with Crippen molar-refractivity contribution in [3.05, 3.63) is 62.8 Å². The summed E-state index contributed by atoms with van der Waals surface area (Å²) in [6, 6.07) is 0.682. The van der Waals surface area contributed by atoms with E-state index in [-0.39, 0.29) is 24.4 Å². The molecule has 1 unspecified atom stereocenters. The number of aromatic nitrogens is 1. The van der Waals surface area contributed by atoms with Gasteiger partial charge in [0.2, 0.25) is 11.2 Å². The lowest BCUT2D eigenvalue weighted by molar-refractivity contribution is -0.145. The Kier molecular flexibility index (Phi) is 6.42. The highest BCUT2D eigenvalue weighted by Gasteiger charge is 2.48. The first-order valence-corrected chi connectivity index (χ1v) is 11.6. The van der Waals surface area contributed by atoms with Crippen LogP contribution < -0.4 is 15.5 Å². The molecule has 1 saturated carbocycles. The number of aliphatic carboxylic acids is 1. The number of nitrogens with zero attached hydrogens (tertiary/aromatic N) is 2. The Bertz CT molecular complexity index is 1420. The fourth-order valence-electron chi connectivity index (χ4n) is 5.07. The number of ether oxygens (including phenoxy) is 2. The zero-order valence-corrected chi connectivity index (χ0v) is 19.5. The molecule has 1 aromatic carbocycles. The zero-order chi connectivity index (χ0) is 27.3. The highest BCUT2D eigenvalue weighted by Crippen LogP contribution is 2.39. The van der Waals surface area contributed by atoms with E-state index in [1.165, 1.54) is 9.47 Å². The lowest BCUT2D eigenvalue weighted by Gasteiger charge is -2.44. The summed E-state index contributed by atoms with van der Waals surface area (Å²) < 4.78 is 53.3. The Labute approximate surface area is 211 Å². The number of carbonyl (C=O) groups excluding carboxylic acids is 3. The number of halogens is 3. The third-order valence-electron chi connectivity index (χ3n) is 6.73. The van der Waals surface area contributed by atoms with Crippen LogP contribution in [0.25, 0.3) is 0 Å².